The van der Waals surface area contributed by atoms with Crippen LogP contribution in [0.1, 0.15) is 38.9 Å². The Balaban J connectivity index is 1.20. The van der Waals surface area contributed by atoms with Crippen molar-refractivity contribution in [2.24, 2.45) is 0 Å². The zero-order valence-electron chi connectivity index (χ0n) is 40.2. The standard InChI is InChI=1S/C61H29F15N4/c62-57(63,64)39-21-37(22-40(28-39)58(65,66)67)34-12-17-54-48(25-34)44-5-1-3-7-51(44)79(54)53-16-10-32(30-77)19-47(53)46-15-11-36(43-14-9-33(31-78)20-50(43)61(74,75)76)27-56(46)80-52-8-4-2-6-45(52)49-26-35(13-18-55(49)80)38-23-41(59(68,69)70)29-42(24-38)60(71,72)73/h1-29H. The molecule has 0 aliphatic heterocycles. The molecule has 0 fully saturated rings. The fourth-order valence-corrected chi connectivity index (χ4v) is 10.3. The molecule has 0 unspecified atom stereocenters. The molecule has 0 saturated heterocycles. The fourth-order valence-electron chi connectivity index (χ4n) is 10.3. The quantitative estimate of drug-likeness (QED) is 0.156. The van der Waals surface area contributed by atoms with Gasteiger partial charge in [-0.25, -0.2) is 0 Å². The maximum absolute atomic E-state index is 15.0. The molecule has 0 atom stereocenters. The van der Waals surface area contributed by atoms with Gasteiger partial charge >= 0.3 is 30.9 Å². The molecule has 0 aliphatic carbocycles. The summed E-state index contributed by atoms with van der Waals surface area (Å²) in [5.41, 5.74) is -6.35. The van der Waals surface area contributed by atoms with Crippen molar-refractivity contribution < 1.29 is 65.9 Å². The average molecular weight is 1100 g/mol. The van der Waals surface area contributed by atoms with Gasteiger partial charge in [-0.1, -0.05) is 66.7 Å². The number of alkyl halides is 15. The van der Waals surface area contributed by atoms with Crippen LogP contribution in [0.4, 0.5) is 65.9 Å². The minimum Gasteiger partial charge on any atom is -0.309 e. The first kappa shape index (κ1) is 52.6. The van der Waals surface area contributed by atoms with E-state index in [2.05, 4.69) is 6.07 Å². The lowest BCUT2D eigenvalue weighted by atomic mass is 9.92. The Labute approximate surface area is 441 Å². The van der Waals surface area contributed by atoms with Crippen LogP contribution in [0.5, 0.6) is 0 Å². The minimum atomic E-state index is -5.17. The molecule has 4 nitrogen and oxygen atoms in total. The van der Waals surface area contributed by atoms with Crippen LogP contribution in [-0.4, -0.2) is 9.13 Å². The zero-order chi connectivity index (χ0) is 57.0. The minimum absolute atomic E-state index is 0.000621. The number of benzene rings is 9. The van der Waals surface area contributed by atoms with E-state index in [0.29, 0.717) is 74.1 Å². The van der Waals surface area contributed by atoms with Gasteiger partial charge in [-0.3, -0.25) is 0 Å². The molecule has 0 bridgehead atoms. The Hall–Kier alpha value is -9.49. The van der Waals surface area contributed by atoms with Gasteiger partial charge in [0.25, 0.3) is 0 Å². The Morgan fingerprint density at radius 1 is 0.287 bits per heavy atom. The molecular weight excluding hydrogens is 1070 g/mol. The molecule has 0 radical (unpaired) electrons. The maximum Gasteiger partial charge on any atom is 0.417 e. The van der Waals surface area contributed by atoms with Crippen molar-refractivity contribution in [1.82, 2.24) is 9.13 Å². The third-order valence-electron chi connectivity index (χ3n) is 13.8. The number of fused-ring (bicyclic) bond motifs is 6. The van der Waals surface area contributed by atoms with Gasteiger partial charge in [0, 0.05) is 32.7 Å². The molecule has 0 amide bonds. The second kappa shape index (κ2) is 18.6. The number of para-hydroxylation sites is 2. The van der Waals surface area contributed by atoms with Gasteiger partial charge < -0.3 is 9.13 Å². The predicted octanol–water partition coefficient (Wildman–Crippen LogP) is 19.4. The van der Waals surface area contributed by atoms with E-state index in [1.165, 1.54) is 72.8 Å². The van der Waals surface area contributed by atoms with Crippen molar-refractivity contribution in [2.45, 2.75) is 30.9 Å². The van der Waals surface area contributed by atoms with Gasteiger partial charge in [0.15, 0.2) is 0 Å². The van der Waals surface area contributed by atoms with Crippen LogP contribution in [0.15, 0.2) is 176 Å². The van der Waals surface area contributed by atoms with Crippen molar-refractivity contribution in [3.05, 3.63) is 215 Å². The number of nitrogens with zero attached hydrogens (tertiary/aromatic N) is 4. The molecule has 2 aromatic heterocycles. The van der Waals surface area contributed by atoms with Crippen LogP contribution in [0.25, 0.3) is 99.5 Å². The van der Waals surface area contributed by atoms with Crippen LogP contribution in [0, 0.1) is 22.7 Å². The van der Waals surface area contributed by atoms with E-state index in [0.717, 1.165) is 6.07 Å². The molecule has 398 valence electrons. The highest BCUT2D eigenvalue weighted by Crippen LogP contribution is 2.47. The highest BCUT2D eigenvalue weighted by Gasteiger charge is 2.39. The average Bonchev–Trinajstić information content (AvgIpc) is 4.07. The summed E-state index contributed by atoms with van der Waals surface area (Å²) in [5, 5.41) is 21.6. The van der Waals surface area contributed by atoms with Crippen molar-refractivity contribution in [1.29, 1.82) is 10.5 Å². The van der Waals surface area contributed by atoms with Gasteiger partial charge in [-0.2, -0.15) is 76.4 Å². The lowest BCUT2D eigenvalue weighted by Gasteiger charge is -2.21. The summed E-state index contributed by atoms with van der Waals surface area (Å²) < 4.78 is 217. The highest BCUT2D eigenvalue weighted by atomic mass is 19.4. The van der Waals surface area contributed by atoms with Crippen LogP contribution in [0.3, 0.4) is 0 Å². The highest BCUT2D eigenvalue weighted by molar-refractivity contribution is 6.13. The molecular formula is C61H29F15N4. The smallest absolute Gasteiger partial charge is 0.309 e. The third kappa shape index (κ3) is 9.27. The maximum atomic E-state index is 15.0. The van der Waals surface area contributed by atoms with Crippen LogP contribution in [0.2, 0.25) is 0 Å². The summed E-state index contributed by atoms with van der Waals surface area (Å²) in [6.07, 6.45) is -25.6. The van der Waals surface area contributed by atoms with Crippen LogP contribution >= 0.6 is 0 Å². The summed E-state index contributed by atoms with van der Waals surface area (Å²) >= 11 is 0. The summed E-state index contributed by atoms with van der Waals surface area (Å²) in [6, 6.07) is 39.8. The zero-order valence-corrected chi connectivity index (χ0v) is 40.2. The second-order valence-electron chi connectivity index (χ2n) is 18.7. The molecule has 0 saturated carbocycles. The first-order chi connectivity index (χ1) is 37.7. The normalized spacial score (nSPS) is 12.7. The number of halogens is 15. The summed E-state index contributed by atoms with van der Waals surface area (Å²) in [6.45, 7) is 0. The predicted molar refractivity (Wildman–Crippen MR) is 271 cm³/mol. The van der Waals surface area contributed by atoms with Crippen LogP contribution < -0.4 is 0 Å². The largest absolute Gasteiger partial charge is 0.417 e. The fraction of sp³-hybridized carbons (Fsp3) is 0.0820. The molecule has 11 aromatic rings. The lowest BCUT2D eigenvalue weighted by molar-refractivity contribution is -0.144. The number of aromatic nitrogens is 2. The number of nitriles is 2. The monoisotopic (exact) mass is 1100 g/mol. The van der Waals surface area contributed by atoms with E-state index < -0.39 is 64.3 Å². The van der Waals surface area contributed by atoms with E-state index in [1.54, 1.807) is 69.8 Å². The molecule has 9 aromatic carbocycles. The topological polar surface area (TPSA) is 57.4 Å². The number of hydrogen-bond donors (Lipinski definition) is 0. The Morgan fingerprint density at radius 2 is 0.688 bits per heavy atom. The SMILES string of the molecule is N#Cc1ccc(-n2c3ccccc3c3cc(-c4cc(C(F)(F)F)cc(C(F)(F)F)c4)ccc32)c(-c2ccc(-c3ccc(C#N)cc3C(F)(F)F)cc2-n2c3ccccc3c3cc(-c4cc(C(F)(F)F)cc(C(F)(F)F)c4)ccc32)c1. The van der Waals surface area contributed by atoms with Crippen molar-refractivity contribution in [3.63, 3.8) is 0 Å². The number of rotatable bonds is 6. The molecule has 0 spiro atoms. The molecule has 11 rings (SSSR count). The molecule has 19 heteroatoms. The molecule has 80 heavy (non-hydrogen) atoms. The van der Waals surface area contributed by atoms with E-state index >= 15 is 0 Å². The molecule has 0 N–H and O–H groups in total. The van der Waals surface area contributed by atoms with E-state index in [1.807, 2.05) is 0 Å². The molecule has 0 aliphatic rings. The van der Waals surface area contributed by atoms with Gasteiger partial charge in [0.1, 0.15) is 0 Å². The van der Waals surface area contributed by atoms with Crippen LogP contribution in [-0.2, 0) is 30.9 Å². The lowest BCUT2D eigenvalue weighted by Crippen LogP contribution is -2.11. The van der Waals surface area contributed by atoms with E-state index in [4.69, 9.17) is 0 Å². The number of hydrogen-bond acceptors (Lipinski definition) is 2. The summed E-state index contributed by atoms with van der Waals surface area (Å²) in [5.74, 6) is 0. The van der Waals surface area contributed by atoms with Crippen molar-refractivity contribution in [2.75, 3.05) is 0 Å². The second-order valence-corrected chi connectivity index (χ2v) is 18.7. The van der Waals surface area contributed by atoms with Gasteiger partial charge in [-0.15, -0.1) is 0 Å². The van der Waals surface area contributed by atoms with Crippen molar-refractivity contribution in [3.8, 4) is 68.0 Å². The van der Waals surface area contributed by atoms with Gasteiger partial charge in [0.2, 0.25) is 0 Å². The van der Waals surface area contributed by atoms with Gasteiger partial charge in [-0.05, 0) is 143 Å². The first-order valence-corrected chi connectivity index (χ1v) is 23.7. The summed E-state index contributed by atoms with van der Waals surface area (Å²) in [4.78, 5) is 0. The van der Waals surface area contributed by atoms with Crippen molar-refractivity contribution >= 4 is 43.6 Å². The van der Waals surface area contributed by atoms with E-state index in [9.17, 15) is 76.4 Å². The molecule has 2 heterocycles. The Kier molecular flexibility index (Phi) is 12.2. The third-order valence-corrected chi connectivity index (χ3v) is 13.8. The first-order valence-electron chi connectivity index (χ1n) is 23.7. The summed E-state index contributed by atoms with van der Waals surface area (Å²) in [7, 11) is 0. The Bertz CT molecular complexity index is 4370. The Morgan fingerprint density at radius 3 is 1.14 bits per heavy atom. The van der Waals surface area contributed by atoms with Gasteiger partial charge in [0.05, 0.1) is 84.5 Å². The van der Waals surface area contributed by atoms with E-state index in [-0.39, 0.29) is 73.4 Å².